The van der Waals surface area contributed by atoms with Gasteiger partial charge in [-0.1, -0.05) is 24.3 Å². The third-order valence-corrected chi connectivity index (χ3v) is 2.60. The Bertz CT molecular complexity index is 480. The number of benzene rings is 1. The van der Waals surface area contributed by atoms with E-state index in [1.54, 1.807) is 19.9 Å². The average molecular weight is 261 g/mol. The van der Waals surface area contributed by atoms with Gasteiger partial charge in [0.2, 0.25) is 5.91 Å². The summed E-state index contributed by atoms with van der Waals surface area (Å²) in [7, 11) is 0. The van der Waals surface area contributed by atoms with E-state index in [1.807, 2.05) is 31.2 Å². The van der Waals surface area contributed by atoms with Crippen LogP contribution >= 0.6 is 0 Å². The van der Waals surface area contributed by atoms with Crippen LogP contribution in [0.15, 0.2) is 30.3 Å². The van der Waals surface area contributed by atoms with Crippen LogP contribution in [-0.4, -0.2) is 24.5 Å². The number of aryl methyl sites for hydroxylation is 1. The molecule has 0 saturated carbocycles. The van der Waals surface area contributed by atoms with E-state index in [4.69, 9.17) is 4.74 Å². The predicted octanol–water partition coefficient (Wildman–Crippen LogP) is 2.08. The van der Waals surface area contributed by atoms with Crippen LogP contribution in [0.2, 0.25) is 0 Å². The van der Waals surface area contributed by atoms with Crippen LogP contribution in [0, 0.1) is 6.92 Å². The molecule has 4 nitrogen and oxygen atoms in total. The van der Waals surface area contributed by atoms with Gasteiger partial charge in [0.1, 0.15) is 6.04 Å². The third kappa shape index (κ3) is 4.95. The maximum atomic E-state index is 11.6. The summed E-state index contributed by atoms with van der Waals surface area (Å²) in [6.45, 7) is 5.60. The normalized spacial score (nSPS) is 12.2. The first-order chi connectivity index (χ1) is 9.04. The Morgan fingerprint density at radius 2 is 2.05 bits per heavy atom. The first-order valence-corrected chi connectivity index (χ1v) is 6.25. The van der Waals surface area contributed by atoms with E-state index in [0.29, 0.717) is 6.61 Å². The van der Waals surface area contributed by atoms with Crippen molar-refractivity contribution in [2.45, 2.75) is 26.8 Å². The number of nitrogens with one attached hydrogen (secondary N) is 1. The molecule has 0 aliphatic carbocycles. The van der Waals surface area contributed by atoms with Crippen molar-refractivity contribution in [3.8, 4) is 0 Å². The van der Waals surface area contributed by atoms with Crippen molar-refractivity contribution in [1.29, 1.82) is 0 Å². The van der Waals surface area contributed by atoms with Crippen LogP contribution in [0.5, 0.6) is 0 Å². The molecule has 0 radical (unpaired) electrons. The Hall–Kier alpha value is -2.10. The number of hydrogen-bond donors (Lipinski definition) is 1. The highest BCUT2D eigenvalue weighted by Crippen LogP contribution is 2.08. The Morgan fingerprint density at radius 3 is 2.68 bits per heavy atom. The molecular weight excluding hydrogens is 242 g/mol. The largest absolute Gasteiger partial charge is 0.464 e. The van der Waals surface area contributed by atoms with E-state index in [-0.39, 0.29) is 5.91 Å². The summed E-state index contributed by atoms with van der Waals surface area (Å²) in [5.41, 5.74) is 2.06. The minimum absolute atomic E-state index is 0.304. The lowest BCUT2D eigenvalue weighted by Gasteiger charge is -2.10. The molecule has 0 aliphatic heterocycles. The maximum absolute atomic E-state index is 11.6. The lowest BCUT2D eigenvalue weighted by molar-refractivity contribution is -0.146. The van der Waals surface area contributed by atoms with Crippen LogP contribution < -0.4 is 5.32 Å². The van der Waals surface area contributed by atoms with E-state index in [1.165, 1.54) is 6.08 Å². The lowest BCUT2D eigenvalue weighted by Crippen LogP contribution is -2.38. The van der Waals surface area contributed by atoms with Gasteiger partial charge in [-0.2, -0.15) is 0 Å². The molecule has 0 saturated heterocycles. The van der Waals surface area contributed by atoms with E-state index in [0.717, 1.165) is 11.1 Å². The first-order valence-electron chi connectivity index (χ1n) is 6.25. The van der Waals surface area contributed by atoms with Gasteiger partial charge in [0.15, 0.2) is 0 Å². The molecule has 1 rings (SSSR count). The van der Waals surface area contributed by atoms with Gasteiger partial charge < -0.3 is 10.1 Å². The molecule has 0 heterocycles. The highest BCUT2D eigenvalue weighted by molar-refractivity contribution is 5.94. The molecule has 1 amide bonds. The molecule has 102 valence electrons. The van der Waals surface area contributed by atoms with Gasteiger partial charge in [-0.3, -0.25) is 4.79 Å². The second-order valence-corrected chi connectivity index (χ2v) is 4.17. The molecule has 0 bridgehead atoms. The summed E-state index contributed by atoms with van der Waals surface area (Å²) in [6, 6.07) is 7.10. The zero-order valence-electron chi connectivity index (χ0n) is 11.5. The highest BCUT2D eigenvalue weighted by atomic mass is 16.5. The Morgan fingerprint density at radius 1 is 1.37 bits per heavy atom. The van der Waals surface area contributed by atoms with Gasteiger partial charge in [0.25, 0.3) is 0 Å². The molecule has 1 aromatic rings. The number of rotatable bonds is 5. The monoisotopic (exact) mass is 261 g/mol. The third-order valence-electron chi connectivity index (χ3n) is 2.60. The molecule has 0 aliphatic rings. The summed E-state index contributed by atoms with van der Waals surface area (Å²) >= 11 is 0. The fourth-order valence-electron chi connectivity index (χ4n) is 1.53. The van der Waals surface area contributed by atoms with Gasteiger partial charge in [-0.25, -0.2) is 4.79 Å². The van der Waals surface area contributed by atoms with Crippen molar-refractivity contribution in [2.24, 2.45) is 0 Å². The minimum Gasteiger partial charge on any atom is -0.464 e. The lowest BCUT2D eigenvalue weighted by atomic mass is 10.1. The van der Waals surface area contributed by atoms with Crippen LogP contribution in [-0.2, 0) is 14.3 Å². The number of esters is 1. The van der Waals surface area contributed by atoms with Crippen LogP contribution in [0.4, 0.5) is 0 Å². The quantitative estimate of drug-likeness (QED) is 0.652. The Labute approximate surface area is 113 Å². The van der Waals surface area contributed by atoms with Crippen molar-refractivity contribution in [3.63, 3.8) is 0 Å². The predicted molar refractivity (Wildman–Crippen MR) is 74.5 cm³/mol. The van der Waals surface area contributed by atoms with Gasteiger partial charge in [-0.15, -0.1) is 0 Å². The summed E-state index contributed by atoms with van der Waals surface area (Å²) in [4.78, 5) is 23.0. The molecule has 19 heavy (non-hydrogen) atoms. The smallest absolute Gasteiger partial charge is 0.328 e. The summed E-state index contributed by atoms with van der Waals surface area (Å²) in [6.07, 6.45) is 3.14. The van der Waals surface area contributed by atoms with Gasteiger partial charge in [0, 0.05) is 6.08 Å². The van der Waals surface area contributed by atoms with Crippen molar-refractivity contribution in [3.05, 3.63) is 41.5 Å². The van der Waals surface area contributed by atoms with Gasteiger partial charge >= 0.3 is 5.97 Å². The Kier molecular flexibility index (Phi) is 5.79. The fraction of sp³-hybridized carbons (Fsp3) is 0.333. The average Bonchev–Trinajstić information content (AvgIpc) is 2.38. The zero-order valence-corrected chi connectivity index (χ0v) is 11.5. The van der Waals surface area contributed by atoms with Gasteiger partial charge in [0.05, 0.1) is 6.61 Å². The van der Waals surface area contributed by atoms with Crippen LogP contribution in [0.25, 0.3) is 6.08 Å². The van der Waals surface area contributed by atoms with E-state index in [9.17, 15) is 9.59 Å². The molecule has 0 fully saturated rings. The van der Waals surface area contributed by atoms with Crippen molar-refractivity contribution >= 4 is 18.0 Å². The number of ether oxygens (including phenoxy) is 1. The molecule has 4 heteroatoms. The second-order valence-electron chi connectivity index (χ2n) is 4.17. The van der Waals surface area contributed by atoms with Crippen LogP contribution in [0.1, 0.15) is 25.0 Å². The number of carbonyl (C=O) groups excluding carboxylic acids is 2. The maximum Gasteiger partial charge on any atom is 0.328 e. The highest BCUT2D eigenvalue weighted by Gasteiger charge is 2.14. The van der Waals surface area contributed by atoms with Gasteiger partial charge in [-0.05, 0) is 38.0 Å². The van der Waals surface area contributed by atoms with E-state index >= 15 is 0 Å². The minimum atomic E-state index is -0.644. The van der Waals surface area contributed by atoms with Crippen molar-refractivity contribution in [1.82, 2.24) is 5.32 Å². The molecule has 0 aromatic heterocycles. The zero-order chi connectivity index (χ0) is 14.3. The molecule has 1 atom stereocenters. The SMILES string of the molecule is CCOC(=O)C(C)NC(=O)/C=C/c1ccccc1C. The molecule has 1 unspecified atom stereocenters. The van der Waals surface area contributed by atoms with Crippen molar-refractivity contribution in [2.75, 3.05) is 6.61 Å². The molecule has 1 aromatic carbocycles. The first kappa shape index (κ1) is 15.0. The van der Waals surface area contributed by atoms with E-state index < -0.39 is 12.0 Å². The topological polar surface area (TPSA) is 55.4 Å². The Balaban J connectivity index is 2.56. The van der Waals surface area contributed by atoms with Crippen LogP contribution in [0.3, 0.4) is 0 Å². The van der Waals surface area contributed by atoms with Crippen molar-refractivity contribution < 1.29 is 14.3 Å². The molecule has 0 spiro atoms. The number of amides is 1. The molecular formula is C15H19NO3. The second kappa shape index (κ2) is 7.36. The summed E-state index contributed by atoms with van der Waals surface area (Å²) in [5.74, 6) is -0.746. The van der Waals surface area contributed by atoms with E-state index in [2.05, 4.69) is 5.32 Å². The fourth-order valence-corrected chi connectivity index (χ4v) is 1.53. The standard InChI is InChI=1S/C15H19NO3/c1-4-19-15(18)12(3)16-14(17)10-9-13-8-6-5-7-11(13)2/h5-10,12H,4H2,1-3H3,(H,16,17)/b10-9+. The summed E-state index contributed by atoms with van der Waals surface area (Å²) in [5, 5.41) is 2.55. The number of hydrogen-bond acceptors (Lipinski definition) is 3. The number of carbonyl (C=O) groups is 2. The summed E-state index contributed by atoms with van der Waals surface area (Å²) < 4.78 is 4.81. The molecule has 1 N–H and O–H groups in total.